The van der Waals surface area contributed by atoms with Crippen LogP contribution in [0.2, 0.25) is 0 Å². The molecule has 0 heterocycles. The molecule has 3 N–H and O–H groups in total. The largest absolute Gasteiger partial charge is 0.344 e. The number of sulfone groups is 1. The number of guanidine groups is 1. The maximum Gasteiger partial charge on any atom is 0.208 e. The van der Waals surface area contributed by atoms with Gasteiger partial charge in [0.05, 0.1) is 5.75 Å². The molecule has 0 saturated heterocycles. The number of hydrogen-bond donors (Lipinski definition) is 2. The molecule has 0 bridgehead atoms. The fraction of sp³-hybridized carbons (Fsp3) is 0.875. The number of nitrogens with two attached hydrogens (primary N) is 1. The second-order valence-electron chi connectivity index (χ2n) is 3.40. The van der Waals surface area contributed by atoms with Gasteiger partial charge in [0.2, 0.25) is 5.96 Å². The van der Waals surface area contributed by atoms with E-state index in [2.05, 4.69) is 10.4 Å². The number of hydrogen-bond acceptors (Lipinski definition) is 4. The number of nitrogens with zero attached hydrogens (tertiary/aromatic N) is 2. The summed E-state index contributed by atoms with van der Waals surface area (Å²) in [5.41, 5.74) is 2.45. The monoisotopic (exact) mass is 236 g/mol. The lowest BCUT2D eigenvalue weighted by molar-refractivity contribution is 0.503. The molecule has 15 heavy (non-hydrogen) atoms. The first kappa shape index (κ1) is 14.2. The molecule has 0 unspecified atom stereocenters. The average molecular weight is 236 g/mol. The molecule has 0 rings (SSSR count). The molecule has 0 aromatic carbocycles. The van der Waals surface area contributed by atoms with Gasteiger partial charge in [0.15, 0.2) is 0 Å². The maximum atomic E-state index is 10.9. The molecule has 0 aromatic rings. The third-order valence-electron chi connectivity index (χ3n) is 1.77. The number of rotatable bonds is 5. The van der Waals surface area contributed by atoms with Crippen molar-refractivity contribution >= 4 is 15.8 Å². The molecule has 0 aromatic heterocycles. The van der Waals surface area contributed by atoms with E-state index in [1.807, 2.05) is 6.92 Å². The third kappa shape index (κ3) is 7.15. The molecule has 0 spiro atoms. The number of hydrazine groups is 1. The van der Waals surface area contributed by atoms with Crippen molar-refractivity contribution in [3.8, 4) is 0 Å². The molecule has 0 aliphatic heterocycles. The lowest BCUT2D eigenvalue weighted by atomic mass is 10.5. The van der Waals surface area contributed by atoms with Gasteiger partial charge in [0.1, 0.15) is 9.84 Å². The molecule has 6 nitrogen and oxygen atoms in total. The van der Waals surface area contributed by atoms with Crippen LogP contribution in [0.5, 0.6) is 0 Å². The van der Waals surface area contributed by atoms with Crippen molar-refractivity contribution in [3.63, 3.8) is 0 Å². The van der Waals surface area contributed by atoms with E-state index in [0.29, 0.717) is 19.0 Å². The Labute approximate surface area is 91.4 Å². The molecule has 90 valence electrons. The van der Waals surface area contributed by atoms with Crippen LogP contribution in [0.4, 0.5) is 0 Å². The van der Waals surface area contributed by atoms with Gasteiger partial charge < -0.3 is 4.90 Å². The highest BCUT2D eigenvalue weighted by Gasteiger charge is 2.08. The topological polar surface area (TPSA) is 87.8 Å². The summed E-state index contributed by atoms with van der Waals surface area (Å²) in [6.07, 6.45) is 2.13. The van der Waals surface area contributed by atoms with Gasteiger partial charge in [-0.05, 0) is 6.42 Å². The molecule has 0 amide bonds. The van der Waals surface area contributed by atoms with Crippen molar-refractivity contribution in [2.75, 3.05) is 32.1 Å². The van der Waals surface area contributed by atoms with E-state index < -0.39 is 9.84 Å². The van der Waals surface area contributed by atoms with Gasteiger partial charge in [-0.15, -0.1) is 0 Å². The van der Waals surface area contributed by atoms with Crippen LogP contribution in [0.1, 0.15) is 13.3 Å². The van der Waals surface area contributed by atoms with Crippen LogP contribution in [0.3, 0.4) is 0 Å². The predicted octanol–water partition coefficient (Wildman–Crippen LogP) is -0.808. The first-order chi connectivity index (χ1) is 6.90. The van der Waals surface area contributed by atoms with Crippen molar-refractivity contribution in [1.82, 2.24) is 10.3 Å². The lowest BCUT2D eigenvalue weighted by Crippen LogP contribution is -2.44. The molecule has 0 saturated carbocycles. The van der Waals surface area contributed by atoms with E-state index in [1.165, 1.54) is 6.26 Å². The summed E-state index contributed by atoms with van der Waals surface area (Å²) in [6.45, 7) is 3.06. The van der Waals surface area contributed by atoms with E-state index in [1.54, 1.807) is 11.9 Å². The Hall–Kier alpha value is -0.820. The number of nitrogens with one attached hydrogen (secondary N) is 1. The summed E-state index contributed by atoms with van der Waals surface area (Å²) in [4.78, 5) is 5.86. The molecule has 0 fully saturated rings. The highest BCUT2D eigenvalue weighted by molar-refractivity contribution is 7.90. The van der Waals surface area contributed by atoms with Gasteiger partial charge in [0.25, 0.3) is 0 Å². The van der Waals surface area contributed by atoms with E-state index in [-0.39, 0.29) is 5.75 Å². The molecule has 0 radical (unpaired) electrons. The Bertz CT molecular complexity index is 300. The molecule has 7 heteroatoms. The van der Waals surface area contributed by atoms with Crippen LogP contribution < -0.4 is 11.3 Å². The van der Waals surface area contributed by atoms with E-state index in [9.17, 15) is 8.42 Å². The summed E-state index contributed by atoms with van der Waals surface area (Å²) in [5.74, 6) is 5.89. The second kappa shape index (κ2) is 6.62. The van der Waals surface area contributed by atoms with Crippen LogP contribution in [-0.4, -0.2) is 51.4 Å². The third-order valence-corrected chi connectivity index (χ3v) is 2.70. The van der Waals surface area contributed by atoms with Crippen molar-refractivity contribution in [2.45, 2.75) is 13.3 Å². The van der Waals surface area contributed by atoms with Gasteiger partial charge >= 0.3 is 0 Å². The van der Waals surface area contributed by atoms with Crippen molar-refractivity contribution in [1.29, 1.82) is 0 Å². The summed E-state index contributed by atoms with van der Waals surface area (Å²) >= 11 is 0. The highest BCUT2D eigenvalue weighted by atomic mass is 32.2. The van der Waals surface area contributed by atoms with E-state index in [4.69, 9.17) is 5.84 Å². The van der Waals surface area contributed by atoms with Crippen molar-refractivity contribution in [3.05, 3.63) is 0 Å². The quantitative estimate of drug-likeness (QED) is 0.282. The zero-order valence-corrected chi connectivity index (χ0v) is 10.3. The van der Waals surface area contributed by atoms with Crippen LogP contribution in [0, 0.1) is 0 Å². The van der Waals surface area contributed by atoms with Crippen LogP contribution in [0.15, 0.2) is 4.99 Å². The Balaban J connectivity index is 4.22. The zero-order valence-electron chi connectivity index (χ0n) is 9.52. The Kier molecular flexibility index (Phi) is 6.26. The fourth-order valence-electron chi connectivity index (χ4n) is 0.903. The summed E-state index contributed by atoms with van der Waals surface area (Å²) in [6, 6.07) is 0. The predicted molar refractivity (Wildman–Crippen MR) is 62.3 cm³/mol. The van der Waals surface area contributed by atoms with Crippen LogP contribution >= 0.6 is 0 Å². The minimum absolute atomic E-state index is 0.0936. The van der Waals surface area contributed by atoms with Gasteiger partial charge in [-0.3, -0.25) is 10.4 Å². The fourth-order valence-corrected chi connectivity index (χ4v) is 1.51. The summed E-state index contributed by atoms with van der Waals surface area (Å²) in [5, 5.41) is 0. The molecule has 0 aliphatic carbocycles. The normalized spacial score (nSPS) is 12.7. The Morgan fingerprint density at radius 3 is 2.53 bits per heavy atom. The van der Waals surface area contributed by atoms with Gasteiger partial charge in [-0.2, -0.15) is 0 Å². The van der Waals surface area contributed by atoms with E-state index >= 15 is 0 Å². The van der Waals surface area contributed by atoms with Gasteiger partial charge in [-0.25, -0.2) is 14.3 Å². The SMILES string of the molecule is CCCN=C(NN)N(C)CCS(C)(=O)=O. The summed E-state index contributed by atoms with van der Waals surface area (Å²) in [7, 11) is -1.20. The minimum Gasteiger partial charge on any atom is -0.344 e. The Morgan fingerprint density at radius 1 is 1.53 bits per heavy atom. The highest BCUT2D eigenvalue weighted by Crippen LogP contribution is 1.90. The standard InChI is InChI=1S/C8H20N4O2S/c1-4-5-10-8(11-9)12(2)6-7-15(3,13)14/h4-7,9H2,1-3H3,(H,10,11). The van der Waals surface area contributed by atoms with E-state index in [0.717, 1.165) is 6.42 Å². The first-order valence-electron chi connectivity index (χ1n) is 4.80. The second-order valence-corrected chi connectivity index (χ2v) is 5.66. The van der Waals surface area contributed by atoms with Gasteiger partial charge in [0, 0.05) is 26.4 Å². The average Bonchev–Trinajstić information content (AvgIpc) is 2.15. The molecule has 0 atom stereocenters. The van der Waals surface area contributed by atoms with Crippen LogP contribution in [-0.2, 0) is 9.84 Å². The minimum atomic E-state index is -2.95. The summed E-state index contributed by atoms with van der Waals surface area (Å²) < 4.78 is 21.9. The van der Waals surface area contributed by atoms with Crippen LogP contribution in [0.25, 0.3) is 0 Å². The molecule has 0 aliphatic rings. The maximum absolute atomic E-state index is 10.9. The first-order valence-corrected chi connectivity index (χ1v) is 6.86. The van der Waals surface area contributed by atoms with Crippen molar-refractivity contribution in [2.24, 2.45) is 10.8 Å². The molecular weight excluding hydrogens is 216 g/mol. The van der Waals surface area contributed by atoms with Gasteiger partial charge in [-0.1, -0.05) is 6.92 Å². The molecular formula is C8H20N4O2S. The Morgan fingerprint density at radius 2 is 2.13 bits per heavy atom. The van der Waals surface area contributed by atoms with Crippen molar-refractivity contribution < 1.29 is 8.42 Å². The smallest absolute Gasteiger partial charge is 0.208 e. The lowest BCUT2D eigenvalue weighted by Gasteiger charge is -2.19. The number of aliphatic imine (C=N–C) groups is 1. The zero-order chi connectivity index (χ0) is 11.9.